The van der Waals surface area contributed by atoms with Crippen LogP contribution in [0.15, 0.2) is 35.5 Å². The maximum Gasteiger partial charge on any atom is 0.0870 e. The molecule has 0 atom stereocenters. The van der Waals surface area contributed by atoms with E-state index in [1.165, 1.54) is 32.1 Å². The molecule has 1 aromatic carbocycles. The second-order valence-electron chi connectivity index (χ2n) is 4.62. The van der Waals surface area contributed by atoms with Crippen molar-refractivity contribution in [3.8, 4) is 0 Å². The lowest BCUT2D eigenvalue weighted by Gasteiger charge is -2.21. The molecule has 0 spiro atoms. The Morgan fingerprint density at radius 2 is 1.81 bits per heavy atom. The SMILES string of the molecule is ON=C(CC1CCCCC1)c1ccccc1. The molecule has 1 aliphatic carbocycles. The van der Waals surface area contributed by atoms with Crippen LogP contribution in [0.1, 0.15) is 44.1 Å². The molecule has 0 aliphatic heterocycles. The van der Waals surface area contributed by atoms with Gasteiger partial charge in [-0.05, 0) is 17.9 Å². The van der Waals surface area contributed by atoms with Gasteiger partial charge in [0.2, 0.25) is 0 Å². The zero-order chi connectivity index (χ0) is 11.2. The number of hydrogen-bond donors (Lipinski definition) is 1. The molecule has 1 aromatic rings. The first-order valence-electron chi connectivity index (χ1n) is 6.16. The highest BCUT2D eigenvalue weighted by molar-refractivity contribution is 6.00. The Labute approximate surface area is 97.0 Å². The molecule has 0 amide bonds. The summed E-state index contributed by atoms with van der Waals surface area (Å²) in [4.78, 5) is 0. The van der Waals surface area contributed by atoms with Crippen LogP contribution in [0.25, 0.3) is 0 Å². The fourth-order valence-electron chi connectivity index (χ4n) is 2.51. The minimum absolute atomic E-state index is 0.708. The van der Waals surface area contributed by atoms with Crippen LogP contribution in [0.4, 0.5) is 0 Å². The summed E-state index contributed by atoms with van der Waals surface area (Å²) >= 11 is 0. The first kappa shape index (κ1) is 11.2. The molecule has 2 rings (SSSR count). The molecule has 1 N–H and O–H groups in total. The average Bonchev–Trinajstić information content (AvgIpc) is 2.38. The Morgan fingerprint density at radius 3 is 2.44 bits per heavy atom. The van der Waals surface area contributed by atoms with Crippen molar-refractivity contribution in [1.82, 2.24) is 0 Å². The Hall–Kier alpha value is -1.31. The molecule has 0 heterocycles. The minimum atomic E-state index is 0.708. The second kappa shape index (κ2) is 5.69. The topological polar surface area (TPSA) is 32.6 Å². The van der Waals surface area contributed by atoms with E-state index >= 15 is 0 Å². The van der Waals surface area contributed by atoms with E-state index in [0.29, 0.717) is 5.92 Å². The van der Waals surface area contributed by atoms with E-state index in [4.69, 9.17) is 5.21 Å². The highest BCUT2D eigenvalue weighted by Crippen LogP contribution is 2.27. The first-order chi connectivity index (χ1) is 7.90. The van der Waals surface area contributed by atoms with Crippen LogP contribution in [0.2, 0.25) is 0 Å². The quantitative estimate of drug-likeness (QED) is 0.466. The molecule has 2 nitrogen and oxygen atoms in total. The molecule has 1 fully saturated rings. The molecule has 0 bridgehead atoms. The van der Waals surface area contributed by atoms with E-state index in [-0.39, 0.29) is 0 Å². The Balaban J connectivity index is 2.01. The van der Waals surface area contributed by atoms with Gasteiger partial charge in [-0.15, -0.1) is 0 Å². The van der Waals surface area contributed by atoms with E-state index in [1.54, 1.807) is 0 Å². The lowest BCUT2D eigenvalue weighted by atomic mass is 9.84. The summed E-state index contributed by atoms with van der Waals surface area (Å²) in [5.41, 5.74) is 1.89. The highest BCUT2D eigenvalue weighted by atomic mass is 16.4. The number of rotatable bonds is 3. The number of oxime groups is 1. The van der Waals surface area contributed by atoms with Crippen molar-refractivity contribution in [1.29, 1.82) is 0 Å². The molecular weight excluding hydrogens is 198 g/mol. The Bertz CT molecular complexity index is 339. The van der Waals surface area contributed by atoms with Crippen LogP contribution in [-0.4, -0.2) is 10.9 Å². The third kappa shape index (κ3) is 2.84. The standard InChI is InChI=1S/C14H19NO/c16-15-14(13-9-5-2-6-10-13)11-12-7-3-1-4-8-12/h2,5-6,9-10,12,16H,1,3-4,7-8,11H2. The third-order valence-electron chi connectivity index (χ3n) is 3.43. The molecule has 86 valence electrons. The molecule has 16 heavy (non-hydrogen) atoms. The van der Waals surface area contributed by atoms with E-state index < -0.39 is 0 Å². The van der Waals surface area contributed by atoms with Crippen molar-refractivity contribution >= 4 is 5.71 Å². The van der Waals surface area contributed by atoms with Gasteiger partial charge in [0, 0.05) is 0 Å². The molecular formula is C14H19NO. The summed E-state index contributed by atoms with van der Waals surface area (Å²) in [5.74, 6) is 0.708. The smallest absolute Gasteiger partial charge is 0.0870 e. The van der Waals surface area contributed by atoms with Crippen molar-refractivity contribution in [3.63, 3.8) is 0 Å². The van der Waals surface area contributed by atoms with Gasteiger partial charge in [-0.2, -0.15) is 0 Å². The van der Waals surface area contributed by atoms with Crippen LogP contribution < -0.4 is 0 Å². The van der Waals surface area contributed by atoms with Crippen LogP contribution in [0.5, 0.6) is 0 Å². The van der Waals surface area contributed by atoms with Gasteiger partial charge in [-0.3, -0.25) is 0 Å². The summed E-state index contributed by atoms with van der Waals surface area (Å²) in [6.07, 6.45) is 7.52. The van der Waals surface area contributed by atoms with Gasteiger partial charge in [-0.25, -0.2) is 0 Å². The van der Waals surface area contributed by atoms with Crippen molar-refractivity contribution in [2.45, 2.75) is 38.5 Å². The second-order valence-corrected chi connectivity index (χ2v) is 4.62. The van der Waals surface area contributed by atoms with Crippen molar-refractivity contribution in [3.05, 3.63) is 35.9 Å². The normalized spacial score (nSPS) is 18.6. The fourth-order valence-corrected chi connectivity index (χ4v) is 2.51. The Morgan fingerprint density at radius 1 is 1.12 bits per heavy atom. The fraction of sp³-hybridized carbons (Fsp3) is 0.500. The van der Waals surface area contributed by atoms with Gasteiger partial charge in [0.05, 0.1) is 5.71 Å². The van der Waals surface area contributed by atoms with Gasteiger partial charge >= 0.3 is 0 Å². The molecule has 0 unspecified atom stereocenters. The van der Waals surface area contributed by atoms with Crippen LogP contribution in [0.3, 0.4) is 0 Å². The summed E-state index contributed by atoms with van der Waals surface area (Å²) in [6, 6.07) is 9.98. The molecule has 0 aromatic heterocycles. The van der Waals surface area contributed by atoms with Crippen molar-refractivity contribution < 1.29 is 5.21 Å². The molecule has 0 saturated heterocycles. The molecule has 0 radical (unpaired) electrons. The number of hydrogen-bond acceptors (Lipinski definition) is 2. The van der Waals surface area contributed by atoms with Gasteiger partial charge in [0.15, 0.2) is 0 Å². The van der Waals surface area contributed by atoms with Gasteiger partial charge in [-0.1, -0.05) is 67.6 Å². The van der Waals surface area contributed by atoms with Gasteiger partial charge < -0.3 is 5.21 Å². The molecule has 1 aliphatic rings. The lowest BCUT2D eigenvalue weighted by Crippen LogP contribution is -2.13. The van der Waals surface area contributed by atoms with E-state index in [1.807, 2.05) is 30.3 Å². The average molecular weight is 217 g/mol. The van der Waals surface area contributed by atoms with Crippen LogP contribution in [-0.2, 0) is 0 Å². The zero-order valence-electron chi connectivity index (χ0n) is 9.60. The highest BCUT2D eigenvalue weighted by Gasteiger charge is 2.16. The minimum Gasteiger partial charge on any atom is -0.411 e. The summed E-state index contributed by atoms with van der Waals surface area (Å²) < 4.78 is 0. The van der Waals surface area contributed by atoms with E-state index in [9.17, 15) is 0 Å². The first-order valence-corrected chi connectivity index (χ1v) is 6.16. The maximum atomic E-state index is 9.10. The number of nitrogens with zero attached hydrogens (tertiary/aromatic N) is 1. The maximum absolute atomic E-state index is 9.10. The number of benzene rings is 1. The summed E-state index contributed by atoms with van der Waals surface area (Å²) in [5, 5.41) is 12.6. The summed E-state index contributed by atoms with van der Waals surface area (Å²) in [7, 11) is 0. The van der Waals surface area contributed by atoms with Crippen molar-refractivity contribution in [2.75, 3.05) is 0 Å². The largest absolute Gasteiger partial charge is 0.411 e. The Kier molecular flexibility index (Phi) is 3.97. The predicted molar refractivity (Wildman–Crippen MR) is 66.0 cm³/mol. The predicted octanol–water partition coefficient (Wildman–Crippen LogP) is 3.84. The monoisotopic (exact) mass is 217 g/mol. The van der Waals surface area contributed by atoms with E-state index in [0.717, 1.165) is 17.7 Å². The van der Waals surface area contributed by atoms with E-state index in [2.05, 4.69) is 5.16 Å². The van der Waals surface area contributed by atoms with Crippen LogP contribution >= 0.6 is 0 Å². The molecule has 2 heteroatoms. The zero-order valence-corrected chi connectivity index (χ0v) is 9.60. The lowest BCUT2D eigenvalue weighted by molar-refractivity contribution is 0.312. The molecule has 1 saturated carbocycles. The third-order valence-corrected chi connectivity index (χ3v) is 3.43. The summed E-state index contributed by atoms with van der Waals surface area (Å²) in [6.45, 7) is 0. The van der Waals surface area contributed by atoms with Crippen LogP contribution in [0, 0.1) is 5.92 Å². The van der Waals surface area contributed by atoms with Gasteiger partial charge in [0.1, 0.15) is 0 Å². The van der Waals surface area contributed by atoms with Gasteiger partial charge in [0.25, 0.3) is 0 Å². The van der Waals surface area contributed by atoms with Crippen molar-refractivity contribution in [2.24, 2.45) is 11.1 Å².